The molecule has 0 saturated carbocycles. The second kappa shape index (κ2) is 5.75. The summed E-state index contributed by atoms with van der Waals surface area (Å²) in [6.45, 7) is 5.99. The second-order valence-corrected chi connectivity index (χ2v) is 6.68. The van der Waals surface area contributed by atoms with Gasteiger partial charge in [-0.15, -0.1) is 22.7 Å². The van der Waals surface area contributed by atoms with Crippen molar-refractivity contribution < 1.29 is 4.79 Å². The van der Waals surface area contributed by atoms with Crippen LogP contribution in [-0.4, -0.2) is 11.9 Å². The van der Waals surface area contributed by atoms with Crippen molar-refractivity contribution in [2.24, 2.45) is 0 Å². The maximum Gasteiger partial charge on any atom is 0.255 e. The van der Waals surface area contributed by atoms with Crippen molar-refractivity contribution in [3.05, 3.63) is 28.0 Å². The normalized spacial score (nSPS) is 10.9. The number of carbonyl (C=O) groups excluding carboxylic acids is 1. The number of thiophene rings is 2. The Balaban J connectivity index is 2.53. The van der Waals surface area contributed by atoms with Crippen LogP contribution in [0, 0.1) is 0 Å². The first-order valence-corrected chi connectivity index (χ1v) is 8.00. The van der Waals surface area contributed by atoms with E-state index < -0.39 is 0 Å². The molecule has 102 valence electrons. The summed E-state index contributed by atoms with van der Waals surface area (Å²) in [5.74, 6) is -0.0770. The fourth-order valence-electron chi connectivity index (χ4n) is 1.99. The van der Waals surface area contributed by atoms with Crippen molar-refractivity contribution in [2.75, 3.05) is 5.73 Å². The summed E-state index contributed by atoms with van der Waals surface area (Å²) < 4.78 is 0. The average molecular weight is 294 g/mol. The molecule has 2 heterocycles. The van der Waals surface area contributed by atoms with Gasteiger partial charge in [0.1, 0.15) is 0 Å². The molecule has 2 aromatic rings. The van der Waals surface area contributed by atoms with Crippen molar-refractivity contribution in [1.29, 1.82) is 0 Å². The molecule has 0 aliphatic heterocycles. The van der Waals surface area contributed by atoms with Gasteiger partial charge in [-0.25, -0.2) is 0 Å². The van der Waals surface area contributed by atoms with Gasteiger partial charge in [-0.3, -0.25) is 4.79 Å². The SMILES string of the molecule is CCc1sc(N)c(C(=O)NC(C)C)c1-c1cccs1. The largest absolute Gasteiger partial charge is 0.390 e. The van der Waals surface area contributed by atoms with Crippen molar-refractivity contribution in [3.63, 3.8) is 0 Å². The van der Waals surface area contributed by atoms with Gasteiger partial charge in [0.15, 0.2) is 0 Å². The molecule has 3 N–H and O–H groups in total. The second-order valence-electron chi connectivity index (χ2n) is 4.60. The molecule has 5 heteroatoms. The van der Waals surface area contributed by atoms with Crippen LogP contribution in [0.3, 0.4) is 0 Å². The molecule has 0 bridgehead atoms. The summed E-state index contributed by atoms with van der Waals surface area (Å²) in [6.07, 6.45) is 0.886. The monoisotopic (exact) mass is 294 g/mol. The molecule has 0 radical (unpaired) electrons. The minimum absolute atomic E-state index is 0.0770. The molecule has 19 heavy (non-hydrogen) atoms. The van der Waals surface area contributed by atoms with E-state index in [0.717, 1.165) is 16.9 Å². The molecule has 1 amide bonds. The van der Waals surface area contributed by atoms with Gasteiger partial charge in [0.25, 0.3) is 5.91 Å². The molecular weight excluding hydrogens is 276 g/mol. The summed E-state index contributed by atoms with van der Waals surface area (Å²) in [7, 11) is 0. The van der Waals surface area contributed by atoms with Crippen LogP contribution < -0.4 is 11.1 Å². The Morgan fingerprint density at radius 2 is 2.21 bits per heavy atom. The lowest BCUT2D eigenvalue weighted by atomic mass is 10.1. The molecule has 0 fully saturated rings. The van der Waals surface area contributed by atoms with Gasteiger partial charge in [0.2, 0.25) is 0 Å². The van der Waals surface area contributed by atoms with Crippen molar-refractivity contribution >= 4 is 33.6 Å². The van der Waals surface area contributed by atoms with Crippen LogP contribution in [-0.2, 0) is 6.42 Å². The number of rotatable bonds is 4. The van der Waals surface area contributed by atoms with Gasteiger partial charge in [-0.2, -0.15) is 0 Å². The number of aryl methyl sites for hydroxylation is 1. The molecule has 0 aliphatic rings. The molecule has 2 rings (SSSR count). The Morgan fingerprint density at radius 3 is 2.74 bits per heavy atom. The van der Waals surface area contributed by atoms with Crippen molar-refractivity contribution in [2.45, 2.75) is 33.2 Å². The van der Waals surface area contributed by atoms with Gasteiger partial charge in [0.05, 0.1) is 10.6 Å². The first-order chi connectivity index (χ1) is 9.04. The Morgan fingerprint density at radius 1 is 1.47 bits per heavy atom. The quantitative estimate of drug-likeness (QED) is 0.902. The van der Waals surface area contributed by atoms with Crippen molar-refractivity contribution in [1.82, 2.24) is 5.32 Å². The maximum absolute atomic E-state index is 12.3. The van der Waals surface area contributed by atoms with Crippen LogP contribution in [0.5, 0.6) is 0 Å². The molecular formula is C14H18N2OS2. The Bertz CT molecular complexity index is 571. The topological polar surface area (TPSA) is 55.1 Å². The van der Waals surface area contributed by atoms with E-state index in [0.29, 0.717) is 10.6 Å². The van der Waals surface area contributed by atoms with E-state index in [9.17, 15) is 4.79 Å². The highest BCUT2D eigenvalue weighted by Crippen LogP contribution is 2.40. The zero-order valence-electron chi connectivity index (χ0n) is 11.3. The zero-order valence-corrected chi connectivity index (χ0v) is 13.0. The minimum Gasteiger partial charge on any atom is -0.390 e. The molecule has 0 unspecified atom stereocenters. The lowest BCUT2D eigenvalue weighted by Gasteiger charge is -2.10. The number of nitrogens with one attached hydrogen (secondary N) is 1. The fraction of sp³-hybridized carbons (Fsp3) is 0.357. The van der Waals surface area contributed by atoms with Gasteiger partial charge >= 0.3 is 0 Å². The van der Waals surface area contributed by atoms with E-state index in [1.54, 1.807) is 11.3 Å². The molecule has 0 aliphatic carbocycles. The number of anilines is 1. The van der Waals surface area contributed by atoms with E-state index in [-0.39, 0.29) is 11.9 Å². The van der Waals surface area contributed by atoms with Crippen LogP contribution in [0.25, 0.3) is 10.4 Å². The molecule has 0 saturated heterocycles. The fourth-order valence-corrected chi connectivity index (χ4v) is 3.88. The third kappa shape index (κ3) is 2.82. The van der Waals surface area contributed by atoms with Crippen LogP contribution in [0.15, 0.2) is 17.5 Å². The van der Waals surface area contributed by atoms with Crippen molar-refractivity contribution in [3.8, 4) is 10.4 Å². The molecule has 2 aromatic heterocycles. The molecule has 0 atom stereocenters. The standard InChI is InChI=1S/C14H18N2OS2/c1-4-9-11(10-6-5-7-18-10)12(13(15)19-9)14(17)16-8(2)3/h5-8H,4,15H2,1-3H3,(H,16,17). The van der Waals surface area contributed by atoms with Gasteiger partial charge in [-0.1, -0.05) is 13.0 Å². The predicted molar refractivity (Wildman–Crippen MR) is 84.0 cm³/mol. The lowest BCUT2D eigenvalue weighted by molar-refractivity contribution is 0.0945. The number of carbonyl (C=O) groups is 1. The van der Waals surface area contributed by atoms with E-state index in [2.05, 4.69) is 12.2 Å². The highest BCUT2D eigenvalue weighted by molar-refractivity contribution is 7.18. The van der Waals surface area contributed by atoms with Gasteiger partial charge in [0, 0.05) is 21.4 Å². The Kier molecular flexibility index (Phi) is 4.27. The zero-order chi connectivity index (χ0) is 14.0. The van der Waals surface area contributed by atoms with E-state index in [4.69, 9.17) is 5.73 Å². The first-order valence-electron chi connectivity index (χ1n) is 6.30. The minimum atomic E-state index is -0.0770. The summed E-state index contributed by atoms with van der Waals surface area (Å²) in [4.78, 5) is 14.6. The highest BCUT2D eigenvalue weighted by atomic mass is 32.1. The molecule has 0 spiro atoms. The average Bonchev–Trinajstić information content (AvgIpc) is 2.93. The molecule has 0 aromatic carbocycles. The van der Waals surface area contributed by atoms with Crippen LogP contribution in [0.2, 0.25) is 0 Å². The summed E-state index contributed by atoms with van der Waals surface area (Å²) in [5, 5.41) is 5.56. The van der Waals surface area contributed by atoms with Crippen LogP contribution in [0.4, 0.5) is 5.00 Å². The third-order valence-electron chi connectivity index (χ3n) is 2.74. The van der Waals surface area contributed by atoms with E-state index in [1.165, 1.54) is 16.2 Å². The van der Waals surface area contributed by atoms with Gasteiger partial charge in [-0.05, 0) is 31.7 Å². The Hall–Kier alpha value is -1.33. The third-order valence-corrected chi connectivity index (χ3v) is 4.79. The highest BCUT2D eigenvalue weighted by Gasteiger charge is 2.23. The van der Waals surface area contributed by atoms with Crippen LogP contribution in [0.1, 0.15) is 36.0 Å². The summed E-state index contributed by atoms with van der Waals surface area (Å²) in [6, 6.07) is 4.14. The number of nitrogen functional groups attached to an aromatic ring is 1. The van der Waals surface area contributed by atoms with E-state index in [1.807, 2.05) is 31.4 Å². The summed E-state index contributed by atoms with van der Waals surface area (Å²) in [5.41, 5.74) is 7.71. The smallest absolute Gasteiger partial charge is 0.255 e. The van der Waals surface area contributed by atoms with Gasteiger partial charge < -0.3 is 11.1 Å². The number of hydrogen-bond acceptors (Lipinski definition) is 4. The number of hydrogen-bond donors (Lipinski definition) is 2. The molecule has 3 nitrogen and oxygen atoms in total. The lowest BCUT2D eigenvalue weighted by Crippen LogP contribution is -2.30. The summed E-state index contributed by atoms with van der Waals surface area (Å²) >= 11 is 3.16. The van der Waals surface area contributed by atoms with E-state index >= 15 is 0 Å². The maximum atomic E-state index is 12.3. The number of amides is 1. The Labute approximate surface area is 121 Å². The number of nitrogens with two attached hydrogens (primary N) is 1. The first kappa shape index (κ1) is 14.1. The van der Waals surface area contributed by atoms with Crippen LogP contribution >= 0.6 is 22.7 Å². The predicted octanol–water partition coefficient (Wildman–Crippen LogP) is 3.76.